The largest absolute Gasteiger partial charge is 0.483 e. The fraction of sp³-hybridized carbons (Fsp3) is 0.429. The van der Waals surface area contributed by atoms with Gasteiger partial charge < -0.3 is 15.0 Å². The third-order valence-corrected chi connectivity index (χ3v) is 6.87. The monoisotopic (exact) mass is 432 g/mol. The van der Waals surface area contributed by atoms with E-state index in [0.29, 0.717) is 31.9 Å². The SMILES string of the molecule is CCc1ccccc1OCC(=O)NCCS(=O)(=O)N1CCN(c2ccccn2)CC1. The van der Waals surface area contributed by atoms with E-state index in [0.717, 1.165) is 17.8 Å². The molecular formula is C21H28N4O4S. The summed E-state index contributed by atoms with van der Waals surface area (Å²) in [5.41, 5.74) is 1.03. The summed E-state index contributed by atoms with van der Waals surface area (Å²) in [6, 6.07) is 13.2. The van der Waals surface area contributed by atoms with E-state index in [1.165, 1.54) is 4.31 Å². The van der Waals surface area contributed by atoms with Crippen LogP contribution in [0.3, 0.4) is 0 Å². The predicted molar refractivity (Wildman–Crippen MR) is 116 cm³/mol. The number of benzene rings is 1. The Labute approximate surface area is 177 Å². The topological polar surface area (TPSA) is 91.8 Å². The van der Waals surface area contributed by atoms with Crippen LogP contribution >= 0.6 is 0 Å². The number of amides is 1. The number of carbonyl (C=O) groups is 1. The molecule has 0 saturated carbocycles. The second kappa shape index (κ2) is 10.4. The van der Waals surface area contributed by atoms with Crippen LogP contribution in [0.5, 0.6) is 5.75 Å². The lowest BCUT2D eigenvalue weighted by Crippen LogP contribution is -2.50. The van der Waals surface area contributed by atoms with Gasteiger partial charge >= 0.3 is 0 Å². The van der Waals surface area contributed by atoms with E-state index in [1.807, 2.05) is 49.4 Å². The molecule has 0 atom stereocenters. The van der Waals surface area contributed by atoms with Crippen molar-refractivity contribution < 1.29 is 17.9 Å². The number of nitrogens with zero attached hydrogens (tertiary/aromatic N) is 3. The number of aromatic nitrogens is 1. The number of hydrogen-bond acceptors (Lipinski definition) is 6. The minimum atomic E-state index is -3.43. The van der Waals surface area contributed by atoms with Crippen LogP contribution in [0.1, 0.15) is 12.5 Å². The fourth-order valence-corrected chi connectivity index (χ4v) is 4.65. The molecule has 1 aromatic carbocycles. The highest BCUT2D eigenvalue weighted by Crippen LogP contribution is 2.18. The van der Waals surface area contributed by atoms with Crippen molar-refractivity contribution in [2.24, 2.45) is 0 Å². The van der Waals surface area contributed by atoms with Gasteiger partial charge in [0.2, 0.25) is 10.0 Å². The summed E-state index contributed by atoms with van der Waals surface area (Å²) in [5.74, 6) is 1.06. The van der Waals surface area contributed by atoms with Gasteiger partial charge in [-0.25, -0.2) is 13.4 Å². The van der Waals surface area contributed by atoms with E-state index in [9.17, 15) is 13.2 Å². The number of para-hydroxylation sites is 1. The summed E-state index contributed by atoms with van der Waals surface area (Å²) in [7, 11) is -3.43. The first-order valence-corrected chi connectivity index (χ1v) is 11.7. The van der Waals surface area contributed by atoms with E-state index in [4.69, 9.17) is 4.74 Å². The van der Waals surface area contributed by atoms with Gasteiger partial charge in [-0.2, -0.15) is 4.31 Å². The van der Waals surface area contributed by atoms with Crippen molar-refractivity contribution in [1.82, 2.24) is 14.6 Å². The van der Waals surface area contributed by atoms with Crippen molar-refractivity contribution >= 4 is 21.7 Å². The van der Waals surface area contributed by atoms with Crippen molar-refractivity contribution in [3.8, 4) is 5.75 Å². The summed E-state index contributed by atoms with van der Waals surface area (Å²) in [6.07, 6.45) is 2.54. The number of ether oxygens (including phenoxy) is 1. The molecule has 1 aliphatic heterocycles. The molecule has 1 fully saturated rings. The molecule has 1 aromatic heterocycles. The van der Waals surface area contributed by atoms with Crippen LogP contribution in [0.25, 0.3) is 0 Å². The second-order valence-corrected chi connectivity index (χ2v) is 9.08. The maximum atomic E-state index is 12.6. The van der Waals surface area contributed by atoms with Crippen molar-refractivity contribution in [2.75, 3.05) is 50.0 Å². The fourth-order valence-electron chi connectivity index (χ4n) is 3.32. The summed E-state index contributed by atoms with van der Waals surface area (Å²) in [4.78, 5) is 18.4. The number of anilines is 1. The van der Waals surface area contributed by atoms with Gasteiger partial charge in [-0.15, -0.1) is 0 Å². The zero-order valence-corrected chi connectivity index (χ0v) is 18.0. The molecule has 30 heavy (non-hydrogen) atoms. The first-order valence-electron chi connectivity index (χ1n) is 10.1. The van der Waals surface area contributed by atoms with Crippen LogP contribution in [0, 0.1) is 0 Å². The standard InChI is InChI=1S/C21H28N4O4S/c1-2-18-7-3-4-8-19(18)29-17-21(26)23-11-16-30(27,28)25-14-12-24(13-15-25)20-9-5-6-10-22-20/h3-10H,2,11-17H2,1H3,(H,23,26). The minimum Gasteiger partial charge on any atom is -0.483 e. The van der Waals surface area contributed by atoms with Gasteiger partial charge in [0.1, 0.15) is 11.6 Å². The Morgan fingerprint density at radius 1 is 1.10 bits per heavy atom. The first-order chi connectivity index (χ1) is 14.5. The number of pyridine rings is 1. The third kappa shape index (κ3) is 5.93. The number of nitrogens with one attached hydrogen (secondary N) is 1. The quantitative estimate of drug-likeness (QED) is 0.642. The molecule has 1 aliphatic rings. The van der Waals surface area contributed by atoms with Crippen LogP contribution < -0.4 is 15.0 Å². The Morgan fingerprint density at radius 3 is 2.53 bits per heavy atom. The van der Waals surface area contributed by atoms with Gasteiger partial charge in [0.25, 0.3) is 5.91 Å². The molecule has 162 valence electrons. The molecule has 0 spiro atoms. The summed E-state index contributed by atoms with van der Waals surface area (Å²) in [5, 5.41) is 2.63. The number of aryl methyl sites for hydroxylation is 1. The van der Waals surface area contributed by atoms with Gasteiger partial charge in [-0.3, -0.25) is 4.79 Å². The molecule has 8 nitrogen and oxygen atoms in total. The van der Waals surface area contributed by atoms with Gasteiger partial charge in [0, 0.05) is 38.9 Å². The summed E-state index contributed by atoms with van der Waals surface area (Å²) >= 11 is 0. The second-order valence-electron chi connectivity index (χ2n) is 6.99. The molecule has 1 N–H and O–H groups in total. The maximum absolute atomic E-state index is 12.6. The van der Waals surface area contributed by atoms with E-state index in [-0.39, 0.29) is 24.8 Å². The van der Waals surface area contributed by atoms with Gasteiger partial charge in [-0.1, -0.05) is 31.2 Å². The zero-order chi connectivity index (χ0) is 21.4. The highest BCUT2D eigenvalue weighted by Gasteiger charge is 2.27. The zero-order valence-electron chi connectivity index (χ0n) is 17.2. The molecular weight excluding hydrogens is 404 g/mol. The van der Waals surface area contributed by atoms with E-state index < -0.39 is 10.0 Å². The lowest BCUT2D eigenvalue weighted by Gasteiger charge is -2.34. The van der Waals surface area contributed by atoms with Crippen LogP contribution in [-0.2, 0) is 21.2 Å². The van der Waals surface area contributed by atoms with Crippen molar-refractivity contribution in [1.29, 1.82) is 0 Å². The van der Waals surface area contributed by atoms with Crippen LogP contribution in [0.15, 0.2) is 48.7 Å². The number of piperazine rings is 1. The number of rotatable bonds is 9. The highest BCUT2D eigenvalue weighted by atomic mass is 32.2. The number of sulfonamides is 1. The van der Waals surface area contributed by atoms with Crippen LogP contribution in [-0.4, -0.2) is 68.7 Å². The molecule has 9 heteroatoms. The molecule has 0 radical (unpaired) electrons. The van der Waals surface area contributed by atoms with Gasteiger partial charge in [0.05, 0.1) is 5.75 Å². The van der Waals surface area contributed by atoms with Crippen molar-refractivity contribution in [2.45, 2.75) is 13.3 Å². The Kier molecular flexibility index (Phi) is 7.64. The smallest absolute Gasteiger partial charge is 0.257 e. The Hall–Kier alpha value is -2.65. The Balaban J connectivity index is 1.40. The predicted octanol–water partition coefficient (Wildman–Crippen LogP) is 1.29. The maximum Gasteiger partial charge on any atom is 0.257 e. The lowest BCUT2D eigenvalue weighted by molar-refractivity contribution is -0.122. The van der Waals surface area contributed by atoms with Crippen molar-refractivity contribution in [3.63, 3.8) is 0 Å². The molecule has 3 rings (SSSR count). The Morgan fingerprint density at radius 2 is 1.83 bits per heavy atom. The average Bonchev–Trinajstić information content (AvgIpc) is 2.78. The highest BCUT2D eigenvalue weighted by molar-refractivity contribution is 7.89. The van der Waals surface area contributed by atoms with Crippen LogP contribution in [0.2, 0.25) is 0 Å². The third-order valence-electron chi connectivity index (χ3n) is 5.00. The van der Waals surface area contributed by atoms with Crippen LogP contribution in [0.4, 0.5) is 5.82 Å². The molecule has 1 amide bonds. The minimum absolute atomic E-state index is 0.0560. The van der Waals surface area contributed by atoms with Gasteiger partial charge in [-0.05, 0) is 30.2 Å². The lowest BCUT2D eigenvalue weighted by atomic mass is 10.1. The number of hydrogen-bond donors (Lipinski definition) is 1. The normalized spacial score (nSPS) is 15.0. The summed E-state index contributed by atoms with van der Waals surface area (Å²) in [6.45, 7) is 3.93. The van der Waals surface area contributed by atoms with E-state index in [2.05, 4.69) is 15.2 Å². The van der Waals surface area contributed by atoms with Crippen molar-refractivity contribution in [3.05, 3.63) is 54.2 Å². The number of carbonyl (C=O) groups excluding carboxylic acids is 1. The molecule has 1 saturated heterocycles. The molecule has 0 aliphatic carbocycles. The average molecular weight is 433 g/mol. The summed E-state index contributed by atoms with van der Waals surface area (Å²) < 4.78 is 32.2. The molecule has 0 unspecified atom stereocenters. The molecule has 2 aromatic rings. The molecule has 0 bridgehead atoms. The van der Waals surface area contributed by atoms with Gasteiger partial charge in [0.15, 0.2) is 6.61 Å². The first kappa shape index (κ1) is 22.0. The van der Waals surface area contributed by atoms with E-state index >= 15 is 0 Å². The van der Waals surface area contributed by atoms with E-state index in [1.54, 1.807) is 6.20 Å². The molecule has 2 heterocycles. The Bertz CT molecular complexity index is 929.